The van der Waals surface area contributed by atoms with Crippen LogP contribution in [0.3, 0.4) is 0 Å². The second-order valence-electron chi connectivity index (χ2n) is 9.93. The molecule has 3 aromatic rings. The number of phenolic OH excluding ortho intramolecular Hbond substituents is 2. The van der Waals surface area contributed by atoms with Crippen LogP contribution in [0.25, 0.3) is 0 Å². The highest BCUT2D eigenvalue weighted by molar-refractivity contribution is 5.78. The highest BCUT2D eigenvalue weighted by Crippen LogP contribution is 2.25. The third kappa shape index (κ3) is 8.12. The normalized spacial score (nSPS) is 12.4. The Kier molecular flexibility index (Phi) is 8.54. The molecule has 6 nitrogen and oxygen atoms in total. The van der Waals surface area contributed by atoms with E-state index in [9.17, 15) is 20.1 Å². The molecule has 35 heavy (non-hydrogen) atoms. The second-order valence-corrected chi connectivity index (χ2v) is 9.93. The van der Waals surface area contributed by atoms with Crippen LogP contribution >= 0.6 is 0 Å². The first-order chi connectivity index (χ1) is 16.5. The summed E-state index contributed by atoms with van der Waals surface area (Å²) in [5, 5.41) is 36.1. The number of phenols is 2. The van der Waals surface area contributed by atoms with Crippen molar-refractivity contribution < 1.29 is 20.1 Å². The first-order valence-corrected chi connectivity index (χ1v) is 11.9. The van der Waals surface area contributed by atoms with E-state index < -0.39 is 6.10 Å². The van der Waals surface area contributed by atoms with E-state index in [-0.39, 0.29) is 29.5 Å². The lowest BCUT2D eigenvalue weighted by Gasteiger charge is -2.28. The molecule has 0 fully saturated rings. The largest absolute Gasteiger partial charge is 0.508 e. The Morgan fingerprint density at radius 3 is 2.26 bits per heavy atom. The summed E-state index contributed by atoms with van der Waals surface area (Å²) in [7, 11) is 0. The quantitative estimate of drug-likeness (QED) is 0.302. The molecule has 0 aliphatic heterocycles. The third-order valence-corrected chi connectivity index (χ3v) is 6.15. The molecule has 0 aliphatic rings. The molecule has 0 bridgehead atoms. The number of carbonyl (C=O) groups is 1. The van der Waals surface area contributed by atoms with Crippen LogP contribution in [0.1, 0.15) is 53.3 Å². The van der Waals surface area contributed by atoms with Crippen molar-refractivity contribution in [2.24, 2.45) is 0 Å². The molecular formula is C29H36N2O4. The van der Waals surface area contributed by atoms with E-state index in [0.717, 1.165) is 16.7 Å². The topological polar surface area (TPSA) is 102 Å². The smallest absolute Gasteiger partial charge is 0.224 e. The number of β-amino-alcohol motifs (C(OH)–C–C–N with tert-alkyl or cyclic N) is 1. The predicted molar refractivity (Wildman–Crippen MR) is 138 cm³/mol. The van der Waals surface area contributed by atoms with Crippen LogP contribution in [-0.4, -0.2) is 33.3 Å². The molecule has 0 aliphatic carbocycles. The van der Waals surface area contributed by atoms with E-state index in [0.29, 0.717) is 24.9 Å². The van der Waals surface area contributed by atoms with E-state index >= 15 is 0 Å². The first-order valence-electron chi connectivity index (χ1n) is 11.9. The van der Waals surface area contributed by atoms with Gasteiger partial charge in [0.05, 0.1) is 12.5 Å². The van der Waals surface area contributed by atoms with E-state index in [4.69, 9.17) is 0 Å². The summed E-state index contributed by atoms with van der Waals surface area (Å²) in [5.41, 5.74) is 5.70. The zero-order valence-electron chi connectivity index (χ0n) is 20.9. The van der Waals surface area contributed by atoms with Gasteiger partial charge in [-0.15, -0.1) is 0 Å². The average Bonchev–Trinajstić information content (AvgIpc) is 2.77. The Bertz CT molecular complexity index is 1150. The van der Waals surface area contributed by atoms with Crippen LogP contribution in [0.4, 0.5) is 0 Å². The van der Waals surface area contributed by atoms with Crippen LogP contribution in [0, 0.1) is 13.8 Å². The molecule has 3 aromatic carbocycles. The van der Waals surface area contributed by atoms with Gasteiger partial charge < -0.3 is 26.0 Å². The maximum absolute atomic E-state index is 12.5. The van der Waals surface area contributed by atoms with Crippen LogP contribution < -0.4 is 10.6 Å². The summed E-state index contributed by atoms with van der Waals surface area (Å²) in [6, 6.07) is 18.3. The Labute approximate surface area is 207 Å². The molecule has 0 saturated heterocycles. The Hall–Kier alpha value is -3.35. The monoisotopic (exact) mass is 476 g/mol. The van der Waals surface area contributed by atoms with Crippen LogP contribution in [-0.2, 0) is 24.2 Å². The average molecular weight is 477 g/mol. The minimum Gasteiger partial charge on any atom is -0.508 e. The fraction of sp³-hybridized carbons (Fsp3) is 0.345. The number of aliphatic hydroxyl groups is 1. The summed E-state index contributed by atoms with van der Waals surface area (Å²) in [6.07, 6.45) is 0.134. The molecule has 5 N–H and O–H groups in total. The number of benzene rings is 3. The van der Waals surface area contributed by atoms with Crippen molar-refractivity contribution in [3.63, 3.8) is 0 Å². The van der Waals surface area contributed by atoms with Gasteiger partial charge in [0.2, 0.25) is 5.91 Å². The van der Waals surface area contributed by atoms with Gasteiger partial charge in [0, 0.05) is 24.7 Å². The lowest BCUT2D eigenvalue weighted by Crippen LogP contribution is -2.43. The molecule has 0 spiro atoms. The molecule has 3 rings (SSSR count). The SMILES string of the molecule is Cc1ccc(CNC(=O)Cc2cccc(CC(C)(C)NC[C@H](O)c3cc(O)cc(O)c3)c2)cc1C. The number of carbonyl (C=O) groups excluding carboxylic acids is 1. The van der Waals surface area contributed by atoms with Gasteiger partial charge in [0.25, 0.3) is 0 Å². The maximum atomic E-state index is 12.5. The lowest BCUT2D eigenvalue weighted by molar-refractivity contribution is -0.120. The van der Waals surface area contributed by atoms with E-state index in [2.05, 4.69) is 36.6 Å². The fourth-order valence-electron chi connectivity index (χ4n) is 4.09. The number of hydrogen-bond acceptors (Lipinski definition) is 5. The lowest BCUT2D eigenvalue weighted by atomic mass is 9.93. The van der Waals surface area contributed by atoms with Crippen LogP contribution in [0.5, 0.6) is 11.5 Å². The Morgan fingerprint density at radius 2 is 1.57 bits per heavy atom. The Balaban J connectivity index is 1.53. The van der Waals surface area contributed by atoms with Gasteiger partial charge in [0.1, 0.15) is 11.5 Å². The number of rotatable bonds is 10. The van der Waals surface area contributed by atoms with Crippen molar-refractivity contribution in [3.05, 3.63) is 94.0 Å². The molecule has 0 aromatic heterocycles. The van der Waals surface area contributed by atoms with Gasteiger partial charge >= 0.3 is 0 Å². The summed E-state index contributed by atoms with van der Waals surface area (Å²) >= 11 is 0. The third-order valence-electron chi connectivity index (χ3n) is 6.15. The molecule has 0 radical (unpaired) electrons. The minimum atomic E-state index is -0.875. The zero-order valence-corrected chi connectivity index (χ0v) is 20.9. The van der Waals surface area contributed by atoms with Crippen molar-refractivity contribution >= 4 is 5.91 Å². The standard InChI is InChI=1S/C29H36N2O4/c1-19-8-9-23(10-20(19)2)17-30-28(35)12-21-6-5-7-22(11-21)16-29(3,4)31-18-27(34)24-13-25(32)15-26(33)14-24/h5-11,13-15,27,31-34H,12,16-18H2,1-4H3,(H,30,35)/t27-/m0/s1. The summed E-state index contributed by atoms with van der Waals surface area (Å²) in [5.74, 6) is -0.198. The summed E-state index contributed by atoms with van der Waals surface area (Å²) < 4.78 is 0. The van der Waals surface area contributed by atoms with Crippen molar-refractivity contribution in [1.29, 1.82) is 0 Å². The van der Waals surface area contributed by atoms with Crippen LogP contribution in [0.15, 0.2) is 60.7 Å². The maximum Gasteiger partial charge on any atom is 0.224 e. The molecular weight excluding hydrogens is 440 g/mol. The zero-order chi connectivity index (χ0) is 25.6. The molecule has 0 saturated carbocycles. The van der Waals surface area contributed by atoms with Crippen LogP contribution in [0.2, 0.25) is 0 Å². The van der Waals surface area contributed by atoms with Gasteiger partial charge in [-0.2, -0.15) is 0 Å². The second kappa shape index (κ2) is 11.4. The summed E-state index contributed by atoms with van der Waals surface area (Å²) in [6.45, 7) is 9.00. The highest BCUT2D eigenvalue weighted by atomic mass is 16.3. The number of aryl methyl sites for hydroxylation is 2. The molecule has 1 atom stereocenters. The van der Waals surface area contributed by atoms with Gasteiger partial charge in [-0.3, -0.25) is 4.79 Å². The van der Waals surface area contributed by atoms with E-state index in [1.807, 2.05) is 44.2 Å². The molecule has 186 valence electrons. The minimum absolute atomic E-state index is 0.0183. The van der Waals surface area contributed by atoms with Crippen molar-refractivity contribution in [2.45, 2.75) is 58.7 Å². The van der Waals surface area contributed by atoms with Gasteiger partial charge in [-0.1, -0.05) is 42.5 Å². The number of amides is 1. The fourth-order valence-corrected chi connectivity index (χ4v) is 4.09. The Morgan fingerprint density at radius 1 is 0.886 bits per heavy atom. The van der Waals surface area contributed by atoms with Crippen molar-refractivity contribution in [2.75, 3.05) is 6.54 Å². The molecule has 1 amide bonds. The first kappa shape index (κ1) is 26.3. The van der Waals surface area contributed by atoms with Crippen molar-refractivity contribution in [1.82, 2.24) is 10.6 Å². The predicted octanol–water partition coefficient (Wildman–Crippen LogP) is 4.22. The van der Waals surface area contributed by atoms with E-state index in [1.54, 1.807) is 0 Å². The number of hydrogen-bond donors (Lipinski definition) is 5. The number of nitrogens with one attached hydrogen (secondary N) is 2. The molecule has 0 heterocycles. The van der Waals surface area contributed by atoms with Gasteiger partial charge in [0.15, 0.2) is 0 Å². The molecule has 6 heteroatoms. The highest BCUT2D eigenvalue weighted by Gasteiger charge is 2.20. The number of aromatic hydroxyl groups is 2. The van der Waals surface area contributed by atoms with Gasteiger partial charge in [-0.25, -0.2) is 0 Å². The summed E-state index contributed by atoms with van der Waals surface area (Å²) in [4.78, 5) is 12.5. The van der Waals surface area contributed by atoms with Crippen molar-refractivity contribution in [3.8, 4) is 11.5 Å². The molecule has 0 unspecified atom stereocenters. The van der Waals surface area contributed by atoms with E-state index in [1.165, 1.54) is 29.3 Å². The van der Waals surface area contributed by atoms with Gasteiger partial charge in [-0.05, 0) is 79.6 Å². The number of aliphatic hydroxyl groups excluding tert-OH is 1.